The Hall–Kier alpha value is -0.400. The van der Waals surface area contributed by atoms with Crippen LogP contribution >= 0.6 is 36.2 Å². The Balaban J connectivity index is 0.00000113. The van der Waals surface area contributed by atoms with Crippen molar-refractivity contribution in [2.75, 3.05) is 32.7 Å². The Morgan fingerprint density at radius 2 is 1.96 bits per heavy atom. The molecule has 142 valence electrons. The van der Waals surface area contributed by atoms with E-state index in [1.807, 2.05) is 10.3 Å². The van der Waals surface area contributed by atoms with Crippen molar-refractivity contribution in [1.82, 2.24) is 14.8 Å². The van der Waals surface area contributed by atoms with Gasteiger partial charge >= 0.3 is 0 Å². The van der Waals surface area contributed by atoms with Crippen LogP contribution in [0.4, 0.5) is 0 Å². The molecule has 3 aliphatic rings. The highest BCUT2D eigenvalue weighted by molar-refractivity contribution is 7.09. The fourth-order valence-electron chi connectivity index (χ4n) is 4.72. The lowest BCUT2D eigenvalue weighted by atomic mass is 9.93. The van der Waals surface area contributed by atoms with Gasteiger partial charge in [0.15, 0.2) is 0 Å². The van der Waals surface area contributed by atoms with Crippen molar-refractivity contribution in [3.63, 3.8) is 0 Å². The fraction of sp³-hybridized carbons (Fsp3) is 0.765. The molecule has 2 saturated carbocycles. The lowest BCUT2D eigenvalue weighted by Gasteiger charge is -2.40. The summed E-state index contributed by atoms with van der Waals surface area (Å²) >= 11 is 1.55. The van der Waals surface area contributed by atoms with E-state index < -0.39 is 0 Å². The van der Waals surface area contributed by atoms with Gasteiger partial charge in [0.05, 0.1) is 5.01 Å². The van der Waals surface area contributed by atoms with Crippen molar-refractivity contribution in [2.24, 2.45) is 17.6 Å². The molecule has 1 amide bonds. The van der Waals surface area contributed by atoms with E-state index in [2.05, 4.69) is 9.88 Å². The SMILES string of the molecule is Cl.Cl.NCCc1nc(C(=O)N2CCN(C3CC4CCC3C4)CC2)cs1. The third-order valence-corrected chi connectivity index (χ3v) is 6.81. The fourth-order valence-corrected chi connectivity index (χ4v) is 5.51. The van der Waals surface area contributed by atoms with Crippen LogP contribution in [0.3, 0.4) is 0 Å². The standard InChI is InChI=1S/C17H26N4OS.2ClH/c18-4-3-16-19-14(11-23-16)17(22)21-7-5-20(6-8-21)15-10-12-1-2-13(15)9-12;;/h11-13,15H,1-10,18H2;2*1H. The van der Waals surface area contributed by atoms with Crippen molar-refractivity contribution in [3.05, 3.63) is 16.1 Å². The monoisotopic (exact) mass is 406 g/mol. The van der Waals surface area contributed by atoms with Gasteiger partial charge in [0.1, 0.15) is 5.69 Å². The summed E-state index contributed by atoms with van der Waals surface area (Å²) in [6.07, 6.45) is 6.49. The topological polar surface area (TPSA) is 62.5 Å². The average Bonchev–Trinajstić information content (AvgIpc) is 3.31. The van der Waals surface area contributed by atoms with Crippen molar-refractivity contribution in [2.45, 2.75) is 38.1 Å². The van der Waals surface area contributed by atoms with Gasteiger partial charge < -0.3 is 10.6 Å². The molecule has 25 heavy (non-hydrogen) atoms. The maximum atomic E-state index is 12.6. The molecule has 1 aromatic heterocycles. The molecule has 5 nitrogen and oxygen atoms in total. The number of thiazole rings is 1. The number of amides is 1. The molecule has 2 bridgehead atoms. The number of hydrogen-bond donors (Lipinski definition) is 1. The molecule has 3 unspecified atom stereocenters. The number of nitrogens with zero attached hydrogens (tertiary/aromatic N) is 3. The highest BCUT2D eigenvalue weighted by Crippen LogP contribution is 2.46. The van der Waals surface area contributed by atoms with Gasteiger partial charge in [0.25, 0.3) is 5.91 Å². The lowest BCUT2D eigenvalue weighted by Crippen LogP contribution is -2.53. The molecule has 2 heterocycles. The Labute approximate surface area is 166 Å². The second kappa shape index (κ2) is 9.00. The van der Waals surface area contributed by atoms with Gasteiger partial charge in [-0.1, -0.05) is 6.42 Å². The highest BCUT2D eigenvalue weighted by Gasteiger charge is 2.43. The van der Waals surface area contributed by atoms with Crippen LogP contribution in [-0.4, -0.2) is 59.5 Å². The molecule has 2 aliphatic carbocycles. The minimum atomic E-state index is 0. The number of halogens is 2. The van der Waals surface area contributed by atoms with Crippen LogP contribution in [0.25, 0.3) is 0 Å². The number of piperazine rings is 1. The van der Waals surface area contributed by atoms with Crippen LogP contribution in [0.5, 0.6) is 0 Å². The van der Waals surface area contributed by atoms with Gasteiger partial charge in [0, 0.05) is 44.0 Å². The van der Waals surface area contributed by atoms with E-state index >= 15 is 0 Å². The number of hydrogen-bond acceptors (Lipinski definition) is 5. The first-order chi connectivity index (χ1) is 11.2. The zero-order chi connectivity index (χ0) is 15.8. The molecule has 2 N–H and O–H groups in total. The van der Waals surface area contributed by atoms with Gasteiger partial charge in [-0.3, -0.25) is 9.69 Å². The summed E-state index contributed by atoms with van der Waals surface area (Å²) in [5, 5.41) is 2.85. The van der Waals surface area contributed by atoms with Gasteiger partial charge in [-0.25, -0.2) is 4.98 Å². The summed E-state index contributed by atoms with van der Waals surface area (Å²) in [7, 11) is 0. The van der Waals surface area contributed by atoms with Crippen LogP contribution in [-0.2, 0) is 6.42 Å². The van der Waals surface area contributed by atoms with Gasteiger partial charge in [-0.15, -0.1) is 36.2 Å². The van der Waals surface area contributed by atoms with E-state index in [0.717, 1.165) is 55.5 Å². The van der Waals surface area contributed by atoms with E-state index in [1.165, 1.54) is 25.7 Å². The molecule has 0 aromatic carbocycles. The third kappa shape index (κ3) is 4.30. The molecule has 1 saturated heterocycles. The number of carbonyl (C=O) groups is 1. The van der Waals surface area contributed by atoms with Crippen LogP contribution in [0, 0.1) is 11.8 Å². The smallest absolute Gasteiger partial charge is 0.273 e. The number of fused-ring (bicyclic) bond motifs is 2. The Kier molecular flexibility index (Phi) is 7.52. The zero-order valence-corrected chi connectivity index (χ0v) is 16.9. The van der Waals surface area contributed by atoms with Crippen molar-refractivity contribution < 1.29 is 4.79 Å². The quantitative estimate of drug-likeness (QED) is 0.833. The van der Waals surface area contributed by atoms with Gasteiger partial charge in [-0.05, 0) is 37.6 Å². The minimum absolute atomic E-state index is 0. The average molecular weight is 407 g/mol. The largest absolute Gasteiger partial charge is 0.335 e. The highest BCUT2D eigenvalue weighted by atomic mass is 35.5. The lowest BCUT2D eigenvalue weighted by molar-refractivity contribution is 0.0491. The molecule has 3 atom stereocenters. The summed E-state index contributed by atoms with van der Waals surface area (Å²) in [6.45, 7) is 4.33. The summed E-state index contributed by atoms with van der Waals surface area (Å²) in [6, 6.07) is 0.793. The van der Waals surface area contributed by atoms with Crippen LogP contribution < -0.4 is 5.73 Å². The van der Waals surface area contributed by atoms with Gasteiger partial charge in [0.2, 0.25) is 0 Å². The first-order valence-corrected chi connectivity index (χ1v) is 9.80. The van der Waals surface area contributed by atoms with Crippen LogP contribution in [0.2, 0.25) is 0 Å². The zero-order valence-electron chi connectivity index (χ0n) is 14.4. The summed E-state index contributed by atoms with van der Waals surface area (Å²) in [4.78, 5) is 21.7. The third-order valence-electron chi connectivity index (χ3n) is 5.90. The maximum absolute atomic E-state index is 12.6. The second-order valence-electron chi connectivity index (χ2n) is 7.24. The molecule has 0 spiro atoms. The van der Waals surface area contributed by atoms with E-state index in [0.29, 0.717) is 12.2 Å². The molecular weight excluding hydrogens is 379 g/mol. The molecule has 8 heteroatoms. The Bertz CT molecular complexity index is 577. The van der Waals surface area contributed by atoms with Crippen molar-refractivity contribution in [3.8, 4) is 0 Å². The summed E-state index contributed by atoms with van der Waals surface area (Å²) in [5.74, 6) is 2.01. The van der Waals surface area contributed by atoms with Crippen molar-refractivity contribution in [1.29, 1.82) is 0 Å². The normalized spacial score (nSPS) is 28.5. The van der Waals surface area contributed by atoms with E-state index in [-0.39, 0.29) is 30.7 Å². The van der Waals surface area contributed by atoms with Gasteiger partial charge in [-0.2, -0.15) is 0 Å². The van der Waals surface area contributed by atoms with Crippen LogP contribution in [0.1, 0.15) is 41.2 Å². The number of nitrogens with two attached hydrogens (primary N) is 1. The molecule has 3 fully saturated rings. The summed E-state index contributed by atoms with van der Waals surface area (Å²) < 4.78 is 0. The first-order valence-electron chi connectivity index (χ1n) is 8.92. The van der Waals surface area contributed by atoms with E-state index in [4.69, 9.17) is 5.73 Å². The van der Waals surface area contributed by atoms with E-state index in [1.54, 1.807) is 11.3 Å². The maximum Gasteiger partial charge on any atom is 0.273 e. The minimum Gasteiger partial charge on any atom is -0.335 e. The molecule has 1 aromatic rings. The molecule has 1 aliphatic heterocycles. The van der Waals surface area contributed by atoms with Crippen LogP contribution in [0.15, 0.2) is 5.38 Å². The number of aromatic nitrogens is 1. The molecular formula is C17H28Cl2N4OS. The van der Waals surface area contributed by atoms with E-state index in [9.17, 15) is 4.79 Å². The number of rotatable bonds is 4. The predicted octanol–water partition coefficient (Wildman–Crippen LogP) is 2.43. The molecule has 0 radical (unpaired) electrons. The second-order valence-corrected chi connectivity index (χ2v) is 8.18. The Morgan fingerprint density at radius 1 is 1.20 bits per heavy atom. The first kappa shape index (κ1) is 20.9. The van der Waals surface area contributed by atoms with Crippen molar-refractivity contribution >= 4 is 42.1 Å². The number of carbonyl (C=O) groups excluding carboxylic acids is 1. The Morgan fingerprint density at radius 3 is 2.56 bits per heavy atom. The molecule has 4 rings (SSSR count). The predicted molar refractivity (Wildman–Crippen MR) is 106 cm³/mol. The summed E-state index contributed by atoms with van der Waals surface area (Å²) in [5.41, 5.74) is 6.16.